The van der Waals surface area contributed by atoms with Gasteiger partial charge in [0.25, 0.3) is 0 Å². The van der Waals surface area contributed by atoms with Gasteiger partial charge in [0.1, 0.15) is 0 Å². The molecule has 0 aromatic rings. The Labute approximate surface area is 134 Å². The van der Waals surface area contributed by atoms with Gasteiger partial charge in [-0.3, -0.25) is 0 Å². The van der Waals surface area contributed by atoms with Gasteiger partial charge in [-0.05, 0) is 38.9 Å². The molecule has 3 nitrogen and oxygen atoms in total. The zero-order chi connectivity index (χ0) is 15.6. The lowest BCUT2D eigenvalue weighted by Crippen LogP contribution is -2.46. The van der Waals surface area contributed by atoms with Crippen LogP contribution in [0, 0.1) is 0 Å². The Morgan fingerprint density at radius 3 is 1.43 bits per heavy atom. The molecule has 0 aliphatic rings. The van der Waals surface area contributed by atoms with E-state index in [1.807, 2.05) is 0 Å². The molecule has 0 spiro atoms. The summed E-state index contributed by atoms with van der Waals surface area (Å²) in [6.07, 6.45) is 11.9. The molecule has 0 saturated heterocycles. The molecule has 0 bridgehead atoms. The summed E-state index contributed by atoms with van der Waals surface area (Å²) in [5.41, 5.74) is 0. The average molecular weight is 300 g/mol. The quantitative estimate of drug-likeness (QED) is 0.358. The lowest BCUT2D eigenvalue weighted by atomic mass is 10.2. The van der Waals surface area contributed by atoms with Crippen LogP contribution >= 0.6 is 0 Å². The summed E-state index contributed by atoms with van der Waals surface area (Å²) >= 11 is 0. The lowest BCUT2D eigenvalue weighted by molar-refractivity contribution is 0.432. The molecule has 0 heterocycles. The molecule has 0 aliphatic carbocycles. The highest BCUT2D eigenvalue weighted by atomic mass is 15.0. The Morgan fingerprint density at radius 1 is 0.571 bits per heavy atom. The SMILES string of the molecule is CCCCCNCC(CNCCCCC)NCCCCC. The van der Waals surface area contributed by atoms with Crippen LogP contribution in [0.1, 0.15) is 78.6 Å². The van der Waals surface area contributed by atoms with Crippen LogP contribution in [0.4, 0.5) is 0 Å². The van der Waals surface area contributed by atoms with Crippen LogP contribution in [-0.4, -0.2) is 38.8 Å². The molecule has 0 rings (SSSR count). The highest BCUT2D eigenvalue weighted by Crippen LogP contribution is 1.95. The molecule has 3 N–H and O–H groups in total. The summed E-state index contributed by atoms with van der Waals surface area (Å²) in [5, 5.41) is 10.9. The van der Waals surface area contributed by atoms with Crippen LogP contribution in [0.2, 0.25) is 0 Å². The molecule has 0 aromatic heterocycles. The first-order chi connectivity index (χ1) is 10.3. The van der Waals surface area contributed by atoms with Crippen molar-refractivity contribution in [3.63, 3.8) is 0 Å². The second kappa shape index (κ2) is 17.9. The number of unbranched alkanes of at least 4 members (excludes halogenated alkanes) is 6. The maximum atomic E-state index is 3.71. The molecule has 21 heavy (non-hydrogen) atoms. The van der Waals surface area contributed by atoms with Gasteiger partial charge in [0, 0.05) is 19.1 Å². The molecular weight excluding hydrogens is 258 g/mol. The van der Waals surface area contributed by atoms with Crippen molar-refractivity contribution in [3.05, 3.63) is 0 Å². The molecule has 3 heteroatoms. The molecule has 0 unspecified atom stereocenters. The van der Waals surface area contributed by atoms with E-state index in [0.717, 1.165) is 32.7 Å². The fourth-order valence-electron chi connectivity index (χ4n) is 2.45. The first-order valence-electron chi connectivity index (χ1n) is 9.49. The minimum atomic E-state index is 0.574. The van der Waals surface area contributed by atoms with E-state index in [9.17, 15) is 0 Å². The van der Waals surface area contributed by atoms with Crippen molar-refractivity contribution in [1.82, 2.24) is 16.0 Å². The third-order valence-corrected chi connectivity index (χ3v) is 3.91. The van der Waals surface area contributed by atoms with Crippen LogP contribution < -0.4 is 16.0 Å². The second-order valence-electron chi connectivity index (χ2n) is 6.18. The van der Waals surface area contributed by atoms with Crippen LogP contribution in [0.15, 0.2) is 0 Å². The summed E-state index contributed by atoms with van der Waals surface area (Å²) in [7, 11) is 0. The average Bonchev–Trinajstić information content (AvgIpc) is 2.50. The highest BCUT2D eigenvalue weighted by molar-refractivity contribution is 4.72. The van der Waals surface area contributed by atoms with Gasteiger partial charge < -0.3 is 16.0 Å². The van der Waals surface area contributed by atoms with E-state index in [4.69, 9.17) is 0 Å². The molecule has 0 radical (unpaired) electrons. The Bertz CT molecular complexity index is 171. The van der Waals surface area contributed by atoms with Crippen molar-refractivity contribution in [2.24, 2.45) is 0 Å². The molecule has 0 aliphatic heterocycles. The third-order valence-electron chi connectivity index (χ3n) is 3.91. The molecule has 0 amide bonds. The first-order valence-corrected chi connectivity index (χ1v) is 9.49. The first kappa shape index (κ1) is 20.9. The topological polar surface area (TPSA) is 36.1 Å². The number of hydrogen-bond acceptors (Lipinski definition) is 3. The molecule has 0 atom stereocenters. The van der Waals surface area contributed by atoms with Crippen molar-refractivity contribution in [2.75, 3.05) is 32.7 Å². The molecule has 0 fully saturated rings. The Hall–Kier alpha value is -0.120. The van der Waals surface area contributed by atoms with E-state index in [1.165, 1.54) is 57.8 Å². The molecular formula is C18H41N3. The van der Waals surface area contributed by atoms with Gasteiger partial charge in [-0.25, -0.2) is 0 Å². The van der Waals surface area contributed by atoms with Gasteiger partial charge in [0.15, 0.2) is 0 Å². The van der Waals surface area contributed by atoms with Crippen LogP contribution in [0.25, 0.3) is 0 Å². The fourth-order valence-corrected chi connectivity index (χ4v) is 2.45. The monoisotopic (exact) mass is 299 g/mol. The van der Waals surface area contributed by atoms with E-state index in [2.05, 4.69) is 36.7 Å². The van der Waals surface area contributed by atoms with Crippen molar-refractivity contribution in [3.8, 4) is 0 Å². The van der Waals surface area contributed by atoms with E-state index < -0.39 is 0 Å². The molecule has 128 valence electrons. The lowest BCUT2D eigenvalue weighted by Gasteiger charge is -2.20. The standard InChI is InChI=1S/C18H41N3/c1-4-7-10-13-19-16-18(21-15-12-9-6-3)17-20-14-11-8-5-2/h18-21H,4-17H2,1-3H3. The Kier molecular flexibility index (Phi) is 17.8. The number of hydrogen-bond donors (Lipinski definition) is 3. The van der Waals surface area contributed by atoms with Gasteiger partial charge >= 0.3 is 0 Å². The highest BCUT2D eigenvalue weighted by Gasteiger charge is 2.06. The van der Waals surface area contributed by atoms with Gasteiger partial charge in [-0.2, -0.15) is 0 Å². The van der Waals surface area contributed by atoms with Crippen LogP contribution in [0.3, 0.4) is 0 Å². The molecule has 0 aromatic carbocycles. The summed E-state index contributed by atoms with van der Waals surface area (Å²) < 4.78 is 0. The zero-order valence-corrected chi connectivity index (χ0v) is 15.0. The van der Waals surface area contributed by atoms with E-state index in [-0.39, 0.29) is 0 Å². The fraction of sp³-hybridized carbons (Fsp3) is 1.00. The Morgan fingerprint density at radius 2 is 1.00 bits per heavy atom. The normalized spacial score (nSPS) is 11.4. The number of rotatable bonds is 17. The van der Waals surface area contributed by atoms with Gasteiger partial charge in [-0.1, -0.05) is 59.3 Å². The summed E-state index contributed by atoms with van der Waals surface area (Å²) in [5.74, 6) is 0. The summed E-state index contributed by atoms with van der Waals surface area (Å²) in [6, 6.07) is 0.574. The number of nitrogens with one attached hydrogen (secondary N) is 3. The van der Waals surface area contributed by atoms with Crippen molar-refractivity contribution >= 4 is 0 Å². The van der Waals surface area contributed by atoms with E-state index in [1.54, 1.807) is 0 Å². The summed E-state index contributed by atoms with van der Waals surface area (Å²) in [4.78, 5) is 0. The van der Waals surface area contributed by atoms with E-state index >= 15 is 0 Å². The minimum absolute atomic E-state index is 0.574. The summed E-state index contributed by atoms with van der Waals surface area (Å²) in [6.45, 7) is 12.5. The molecule has 0 saturated carbocycles. The zero-order valence-electron chi connectivity index (χ0n) is 15.0. The maximum absolute atomic E-state index is 3.71. The van der Waals surface area contributed by atoms with Gasteiger partial charge in [0.2, 0.25) is 0 Å². The smallest absolute Gasteiger partial charge is 0.0317 e. The van der Waals surface area contributed by atoms with Crippen molar-refractivity contribution < 1.29 is 0 Å². The van der Waals surface area contributed by atoms with Crippen LogP contribution in [0.5, 0.6) is 0 Å². The maximum Gasteiger partial charge on any atom is 0.0317 e. The predicted molar refractivity (Wildman–Crippen MR) is 96.1 cm³/mol. The second-order valence-corrected chi connectivity index (χ2v) is 6.18. The van der Waals surface area contributed by atoms with Gasteiger partial charge in [-0.15, -0.1) is 0 Å². The van der Waals surface area contributed by atoms with Crippen molar-refractivity contribution in [1.29, 1.82) is 0 Å². The Balaban J connectivity index is 3.69. The van der Waals surface area contributed by atoms with Crippen LogP contribution in [-0.2, 0) is 0 Å². The minimum Gasteiger partial charge on any atom is -0.315 e. The van der Waals surface area contributed by atoms with E-state index in [0.29, 0.717) is 6.04 Å². The largest absolute Gasteiger partial charge is 0.315 e. The predicted octanol–water partition coefficient (Wildman–Crippen LogP) is 3.69. The van der Waals surface area contributed by atoms with Gasteiger partial charge in [0.05, 0.1) is 0 Å². The third kappa shape index (κ3) is 16.1. The van der Waals surface area contributed by atoms with Crippen molar-refractivity contribution in [2.45, 2.75) is 84.6 Å².